The molecular formula is C12H14BrN. The molecule has 0 fully saturated rings. The summed E-state index contributed by atoms with van der Waals surface area (Å²) in [6.45, 7) is 15.6. The fourth-order valence-corrected chi connectivity index (χ4v) is 2.73. The van der Waals surface area contributed by atoms with Crippen molar-refractivity contribution in [2.24, 2.45) is 0 Å². The minimum Gasteiger partial charge on any atom is -0.238 e. The molecule has 0 saturated carbocycles. The molecule has 1 aromatic carbocycles. The van der Waals surface area contributed by atoms with E-state index in [1.165, 1.54) is 5.56 Å². The topological polar surface area (TPSA) is 4.36 Å². The van der Waals surface area contributed by atoms with Crippen LogP contribution in [0.25, 0.3) is 4.85 Å². The van der Waals surface area contributed by atoms with E-state index in [9.17, 15) is 0 Å². The van der Waals surface area contributed by atoms with Crippen molar-refractivity contribution in [3.05, 3.63) is 39.1 Å². The molecule has 0 heterocycles. The van der Waals surface area contributed by atoms with E-state index in [-0.39, 0.29) is 5.41 Å². The van der Waals surface area contributed by atoms with Crippen LogP contribution in [0.1, 0.15) is 31.9 Å². The van der Waals surface area contributed by atoms with E-state index in [4.69, 9.17) is 6.57 Å². The monoisotopic (exact) mass is 251 g/mol. The summed E-state index contributed by atoms with van der Waals surface area (Å²) in [5, 5.41) is 0. The van der Waals surface area contributed by atoms with Gasteiger partial charge in [-0.25, -0.2) is 4.85 Å². The van der Waals surface area contributed by atoms with E-state index in [1.54, 1.807) is 0 Å². The predicted molar refractivity (Wildman–Crippen MR) is 63.8 cm³/mol. The van der Waals surface area contributed by atoms with Gasteiger partial charge in [-0.1, -0.05) is 48.8 Å². The van der Waals surface area contributed by atoms with Gasteiger partial charge in [0.25, 0.3) is 0 Å². The number of nitrogens with zero attached hydrogens (tertiary/aromatic N) is 1. The number of hydrogen-bond acceptors (Lipinski definition) is 0. The maximum absolute atomic E-state index is 7.07. The highest BCUT2D eigenvalue weighted by molar-refractivity contribution is 9.10. The van der Waals surface area contributed by atoms with Crippen LogP contribution in [0.4, 0.5) is 5.69 Å². The van der Waals surface area contributed by atoms with E-state index in [0.717, 1.165) is 15.7 Å². The van der Waals surface area contributed by atoms with Gasteiger partial charge in [0.15, 0.2) is 5.69 Å². The van der Waals surface area contributed by atoms with Crippen molar-refractivity contribution in [2.75, 3.05) is 0 Å². The van der Waals surface area contributed by atoms with Gasteiger partial charge in [-0.3, -0.25) is 0 Å². The summed E-state index contributed by atoms with van der Waals surface area (Å²) in [6, 6.07) is 3.82. The second kappa shape index (κ2) is 3.74. The molecular weight excluding hydrogens is 238 g/mol. The molecule has 0 aliphatic rings. The van der Waals surface area contributed by atoms with Crippen LogP contribution in [0.2, 0.25) is 0 Å². The lowest BCUT2D eigenvalue weighted by atomic mass is 9.83. The van der Waals surface area contributed by atoms with Crippen molar-refractivity contribution in [3.63, 3.8) is 0 Å². The van der Waals surface area contributed by atoms with Crippen LogP contribution in [0.5, 0.6) is 0 Å². The highest BCUT2D eigenvalue weighted by Gasteiger charge is 2.20. The highest BCUT2D eigenvalue weighted by atomic mass is 79.9. The van der Waals surface area contributed by atoms with Gasteiger partial charge >= 0.3 is 0 Å². The summed E-state index contributed by atoms with van der Waals surface area (Å²) in [5.41, 5.74) is 3.13. The number of hydrogen-bond donors (Lipinski definition) is 0. The Bertz CT molecular complexity index is 394. The molecule has 0 aliphatic heterocycles. The molecule has 0 aliphatic carbocycles. The van der Waals surface area contributed by atoms with Gasteiger partial charge < -0.3 is 0 Å². The first kappa shape index (κ1) is 11.3. The number of benzene rings is 1. The molecule has 1 nitrogen and oxygen atoms in total. The van der Waals surface area contributed by atoms with Crippen molar-refractivity contribution in [2.45, 2.75) is 33.1 Å². The lowest BCUT2D eigenvalue weighted by Gasteiger charge is -2.24. The third-order valence-electron chi connectivity index (χ3n) is 2.26. The largest absolute Gasteiger partial charge is 0.238 e. The van der Waals surface area contributed by atoms with Crippen LogP contribution >= 0.6 is 15.9 Å². The van der Waals surface area contributed by atoms with E-state index in [1.807, 2.05) is 19.1 Å². The first-order chi connectivity index (χ1) is 6.38. The van der Waals surface area contributed by atoms with Crippen molar-refractivity contribution in [3.8, 4) is 0 Å². The average molecular weight is 252 g/mol. The molecule has 0 radical (unpaired) electrons. The van der Waals surface area contributed by atoms with Crippen molar-refractivity contribution in [1.82, 2.24) is 0 Å². The molecule has 14 heavy (non-hydrogen) atoms. The third-order valence-corrected chi connectivity index (χ3v) is 2.92. The molecule has 0 spiro atoms. The first-order valence-corrected chi connectivity index (χ1v) is 5.34. The molecule has 1 rings (SSSR count). The van der Waals surface area contributed by atoms with E-state index in [0.29, 0.717) is 0 Å². The summed E-state index contributed by atoms with van der Waals surface area (Å²) in [6.07, 6.45) is 0. The van der Waals surface area contributed by atoms with Crippen LogP contribution in [0.3, 0.4) is 0 Å². The van der Waals surface area contributed by atoms with Gasteiger partial charge in [0.1, 0.15) is 0 Å². The van der Waals surface area contributed by atoms with Crippen LogP contribution in [-0.2, 0) is 5.41 Å². The molecule has 0 atom stereocenters. The summed E-state index contributed by atoms with van der Waals surface area (Å²) in [5.74, 6) is 0. The first-order valence-electron chi connectivity index (χ1n) is 4.55. The molecule has 0 bridgehead atoms. The van der Waals surface area contributed by atoms with Crippen molar-refractivity contribution in [1.29, 1.82) is 0 Å². The molecule has 74 valence electrons. The predicted octanol–water partition coefficient (Wildman–Crippen LogP) is 4.61. The molecule has 0 amide bonds. The molecule has 2 heteroatoms. The summed E-state index contributed by atoms with van der Waals surface area (Å²) in [7, 11) is 0. The zero-order chi connectivity index (χ0) is 10.9. The third kappa shape index (κ3) is 1.99. The van der Waals surface area contributed by atoms with E-state index < -0.39 is 0 Å². The Kier molecular flexibility index (Phi) is 3.01. The van der Waals surface area contributed by atoms with Gasteiger partial charge in [0.2, 0.25) is 0 Å². The number of halogens is 1. The fourth-order valence-electron chi connectivity index (χ4n) is 1.71. The lowest BCUT2D eigenvalue weighted by Crippen LogP contribution is -2.13. The Morgan fingerprint density at radius 1 is 1.29 bits per heavy atom. The lowest BCUT2D eigenvalue weighted by molar-refractivity contribution is 0.583. The Hall–Kier alpha value is -0.810. The van der Waals surface area contributed by atoms with Gasteiger partial charge in [0, 0.05) is 4.47 Å². The second-order valence-electron chi connectivity index (χ2n) is 4.43. The van der Waals surface area contributed by atoms with E-state index in [2.05, 4.69) is 41.5 Å². The standard InChI is InChI=1S/C12H14BrN/c1-8-10(14-5)7-6-9(13)11(8)12(2,3)4/h6-7H,1-4H3. The minimum absolute atomic E-state index is 0.0730. The van der Waals surface area contributed by atoms with Crippen LogP contribution in [0, 0.1) is 13.5 Å². The summed E-state index contributed by atoms with van der Waals surface area (Å²) >= 11 is 3.54. The van der Waals surface area contributed by atoms with E-state index >= 15 is 0 Å². The Balaban J connectivity index is 3.50. The molecule has 0 aromatic heterocycles. The molecule has 1 aromatic rings. The van der Waals surface area contributed by atoms with Crippen molar-refractivity contribution >= 4 is 21.6 Å². The normalized spacial score (nSPS) is 11.1. The second-order valence-corrected chi connectivity index (χ2v) is 5.28. The quantitative estimate of drug-likeness (QED) is 0.594. The van der Waals surface area contributed by atoms with Crippen LogP contribution in [0.15, 0.2) is 16.6 Å². The van der Waals surface area contributed by atoms with Gasteiger partial charge in [-0.15, -0.1) is 0 Å². The fraction of sp³-hybridized carbons (Fsp3) is 0.417. The molecule has 0 N–H and O–H groups in total. The van der Waals surface area contributed by atoms with Crippen LogP contribution in [-0.4, -0.2) is 0 Å². The van der Waals surface area contributed by atoms with Gasteiger partial charge in [0.05, 0.1) is 6.57 Å². The van der Waals surface area contributed by atoms with Gasteiger partial charge in [-0.2, -0.15) is 0 Å². The van der Waals surface area contributed by atoms with Crippen LogP contribution < -0.4 is 0 Å². The zero-order valence-corrected chi connectivity index (χ0v) is 10.6. The maximum Gasteiger partial charge on any atom is 0.190 e. The summed E-state index contributed by atoms with van der Waals surface area (Å²) in [4.78, 5) is 3.51. The number of rotatable bonds is 0. The van der Waals surface area contributed by atoms with Crippen molar-refractivity contribution < 1.29 is 0 Å². The Morgan fingerprint density at radius 3 is 2.29 bits per heavy atom. The highest BCUT2D eigenvalue weighted by Crippen LogP contribution is 2.36. The zero-order valence-electron chi connectivity index (χ0n) is 8.98. The smallest absolute Gasteiger partial charge is 0.190 e. The maximum atomic E-state index is 7.07. The van der Waals surface area contributed by atoms with Gasteiger partial charge in [-0.05, 0) is 23.5 Å². The Labute approximate surface area is 94.1 Å². The molecule has 0 unspecified atom stereocenters. The minimum atomic E-state index is 0.0730. The molecule has 0 saturated heterocycles. The average Bonchev–Trinajstić information content (AvgIpc) is 2.02. The Morgan fingerprint density at radius 2 is 1.86 bits per heavy atom. The summed E-state index contributed by atoms with van der Waals surface area (Å²) < 4.78 is 1.09. The SMILES string of the molecule is [C-]#[N+]c1ccc(Br)c(C(C)(C)C)c1C.